The number of methoxy groups -OCH3 is 4. The molecule has 8 nitrogen and oxygen atoms in total. The van der Waals surface area contributed by atoms with Crippen LogP contribution in [-0.2, 0) is 22.4 Å². The van der Waals surface area contributed by atoms with E-state index in [1.54, 1.807) is 28.4 Å². The Balaban J connectivity index is 1.46. The maximum atomic E-state index is 12.1. The molecule has 0 saturated carbocycles. The topological polar surface area (TPSA) is 81.7 Å². The minimum absolute atomic E-state index is 0.193. The van der Waals surface area contributed by atoms with Crippen molar-refractivity contribution in [1.82, 2.24) is 0 Å². The summed E-state index contributed by atoms with van der Waals surface area (Å²) in [5.41, 5.74) is 1.94. The molecule has 2 aromatic rings. The van der Waals surface area contributed by atoms with E-state index in [9.17, 15) is 4.79 Å². The van der Waals surface area contributed by atoms with Crippen LogP contribution in [0.4, 0.5) is 0 Å². The zero-order valence-electron chi connectivity index (χ0n) is 18.3. The lowest BCUT2D eigenvalue weighted by Crippen LogP contribution is -2.08. The molecule has 0 aliphatic carbocycles. The van der Waals surface area contributed by atoms with E-state index >= 15 is 0 Å². The van der Waals surface area contributed by atoms with Gasteiger partial charge in [-0.3, -0.25) is 4.79 Å². The molecule has 1 aliphatic rings. The maximum absolute atomic E-state index is 12.1. The number of hydrogen-bond acceptors (Lipinski definition) is 8. The second-order valence-corrected chi connectivity index (χ2v) is 6.89. The molecule has 3 rings (SSSR count). The van der Waals surface area contributed by atoms with E-state index in [4.69, 9.17) is 33.2 Å². The van der Waals surface area contributed by atoms with E-state index in [2.05, 4.69) is 0 Å². The second-order valence-electron chi connectivity index (χ2n) is 6.89. The third-order valence-electron chi connectivity index (χ3n) is 4.93. The summed E-state index contributed by atoms with van der Waals surface area (Å²) >= 11 is 0. The molecule has 2 aromatic carbocycles. The number of rotatable bonds is 11. The van der Waals surface area contributed by atoms with Crippen molar-refractivity contribution in [2.24, 2.45) is 0 Å². The van der Waals surface area contributed by atoms with E-state index in [0.29, 0.717) is 53.9 Å². The number of esters is 1. The van der Waals surface area contributed by atoms with Gasteiger partial charge in [0, 0.05) is 6.42 Å². The number of ether oxygens (including phenoxy) is 7. The monoisotopic (exact) mass is 432 g/mol. The summed E-state index contributed by atoms with van der Waals surface area (Å²) < 4.78 is 37.6. The minimum atomic E-state index is -0.253. The van der Waals surface area contributed by atoms with Crippen LogP contribution in [0.25, 0.3) is 0 Å². The first-order chi connectivity index (χ1) is 15.1. The molecule has 31 heavy (non-hydrogen) atoms. The fourth-order valence-corrected chi connectivity index (χ4v) is 3.39. The van der Waals surface area contributed by atoms with Crippen molar-refractivity contribution in [2.75, 3.05) is 41.8 Å². The summed E-state index contributed by atoms with van der Waals surface area (Å²) in [6.07, 6.45) is 2.19. The summed E-state index contributed by atoms with van der Waals surface area (Å²) in [6, 6.07) is 7.51. The van der Waals surface area contributed by atoms with Gasteiger partial charge in [0.2, 0.25) is 18.3 Å². The molecule has 168 valence electrons. The van der Waals surface area contributed by atoms with Gasteiger partial charge in [0.1, 0.15) is 0 Å². The largest absolute Gasteiger partial charge is 0.493 e. The number of carbonyl (C=O) groups is 1. The molecule has 0 aromatic heterocycles. The Hall–Kier alpha value is -3.29. The Labute approximate surface area is 181 Å². The Morgan fingerprint density at radius 2 is 1.48 bits per heavy atom. The van der Waals surface area contributed by atoms with Crippen molar-refractivity contribution in [3.63, 3.8) is 0 Å². The summed E-state index contributed by atoms with van der Waals surface area (Å²) in [4.78, 5) is 12.1. The molecule has 0 atom stereocenters. The molecule has 1 aliphatic heterocycles. The first-order valence-electron chi connectivity index (χ1n) is 10.0. The highest BCUT2D eigenvalue weighted by molar-refractivity contribution is 5.70. The average molecular weight is 432 g/mol. The first-order valence-corrected chi connectivity index (χ1v) is 10.0. The number of carbonyl (C=O) groups excluding carboxylic acids is 1. The maximum Gasteiger partial charge on any atom is 0.306 e. The molecule has 0 spiro atoms. The minimum Gasteiger partial charge on any atom is -0.493 e. The van der Waals surface area contributed by atoms with Gasteiger partial charge in [-0.05, 0) is 54.7 Å². The predicted molar refractivity (Wildman–Crippen MR) is 113 cm³/mol. The van der Waals surface area contributed by atoms with Gasteiger partial charge in [0.05, 0.1) is 35.0 Å². The molecule has 0 amide bonds. The van der Waals surface area contributed by atoms with Gasteiger partial charge in [-0.2, -0.15) is 0 Å². The Morgan fingerprint density at radius 3 is 2.13 bits per heavy atom. The first kappa shape index (κ1) is 22.4. The second kappa shape index (κ2) is 10.7. The number of hydrogen-bond donors (Lipinski definition) is 0. The van der Waals surface area contributed by atoms with Gasteiger partial charge in [-0.15, -0.1) is 0 Å². The SMILES string of the molecule is COc1cc(CCC(=O)OCCCc2cc(OC)c3c(c2)OCO3)cc(OC)c1OC. The van der Waals surface area contributed by atoms with Crippen molar-refractivity contribution >= 4 is 5.97 Å². The van der Waals surface area contributed by atoms with Gasteiger partial charge in [0.25, 0.3) is 0 Å². The fraction of sp³-hybridized carbons (Fsp3) is 0.435. The van der Waals surface area contributed by atoms with Crippen molar-refractivity contribution < 1.29 is 38.0 Å². The summed E-state index contributed by atoms with van der Waals surface area (Å²) in [7, 11) is 6.27. The van der Waals surface area contributed by atoms with Gasteiger partial charge >= 0.3 is 5.97 Å². The highest BCUT2D eigenvalue weighted by Crippen LogP contribution is 2.42. The summed E-state index contributed by atoms with van der Waals surface area (Å²) in [5, 5.41) is 0. The highest BCUT2D eigenvalue weighted by Gasteiger charge is 2.20. The third kappa shape index (κ3) is 5.45. The van der Waals surface area contributed by atoms with Gasteiger partial charge in [-0.25, -0.2) is 0 Å². The zero-order valence-corrected chi connectivity index (χ0v) is 18.3. The lowest BCUT2D eigenvalue weighted by Gasteiger charge is -2.14. The van der Waals surface area contributed by atoms with Crippen LogP contribution in [-0.4, -0.2) is 47.8 Å². The third-order valence-corrected chi connectivity index (χ3v) is 4.93. The molecule has 0 bridgehead atoms. The van der Waals surface area contributed by atoms with Crippen LogP contribution >= 0.6 is 0 Å². The molecular weight excluding hydrogens is 404 g/mol. The van der Waals surface area contributed by atoms with Crippen LogP contribution < -0.4 is 28.4 Å². The molecule has 0 radical (unpaired) electrons. The molecule has 0 saturated heterocycles. The predicted octanol–water partition coefficient (Wildman–Crippen LogP) is 3.56. The number of aryl methyl sites for hydroxylation is 2. The van der Waals surface area contributed by atoms with Gasteiger partial charge < -0.3 is 33.2 Å². The van der Waals surface area contributed by atoms with E-state index in [1.165, 1.54) is 0 Å². The lowest BCUT2D eigenvalue weighted by atomic mass is 10.1. The van der Waals surface area contributed by atoms with E-state index < -0.39 is 0 Å². The molecule has 1 heterocycles. The number of fused-ring (bicyclic) bond motifs is 1. The summed E-state index contributed by atoms with van der Waals surface area (Å²) in [6.45, 7) is 0.531. The van der Waals surface area contributed by atoms with Crippen molar-refractivity contribution in [3.8, 4) is 34.5 Å². The standard InChI is InChI=1S/C23H28O8/c1-25-17-11-16(12-18(26-2)22(17)28-4)7-8-21(24)29-9-5-6-15-10-19(27-3)23-20(13-15)30-14-31-23/h10-13H,5-9,14H2,1-4H3. The quantitative estimate of drug-likeness (QED) is 0.394. The van der Waals surface area contributed by atoms with E-state index in [1.807, 2.05) is 24.3 Å². The average Bonchev–Trinajstić information content (AvgIpc) is 3.27. The molecule has 0 unspecified atom stereocenters. The molecule has 8 heteroatoms. The molecular formula is C23H28O8. The Morgan fingerprint density at radius 1 is 0.839 bits per heavy atom. The van der Waals surface area contributed by atoms with Gasteiger partial charge in [0.15, 0.2) is 23.0 Å². The summed E-state index contributed by atoms with van der Waals surface area (Å²) in [5.74, 6) is 3.34. The Kier molecular flexibility index (Phi) is 7.70. The van der Waals surface area contributed by atoms with Crippen LogP contribution in [0.2, 0.25) is 0 Å². The van der Waals surface area contributed by atoms with E-state index in [-0.39, 0.29) is 19.2 Å². The smallest absolute Gasteiger partial charge is 0.306 e. The Bertz CT molecular complexity index is 884. The fourth-order valence-electron chi connectivity index (χ4n) is 3.39. The van der Waals surface area contributed by atoms with Crippen molar-refractivity contribution in [1.29, 1.82) is 0 Å². The highest BCUT2D eigenvalue weighted by atomic mass is 16.7. The molecule has 0 N–H and O–H groups in total. The lowest BCUT2D eigenvalue weighted by molar-refractivity contribution is -0.143. The van der Waals surface area contributed by atoms with Crippen LogP contribution in [0.5, 0.6) is 34.5 Å². The van der Waals surface area contributed by atoms with Crippen LogP contribution in [0, 0.1) is 0 Å². The normalized spacial score (nSPS) is 11.7. The van der Waals surface area contributed by atoms with Crippen molar-refractivity contribution in [3.05, 3.63) is 35.4 Å². The number of benzene rings is 2. The van der Waals surface area contributed by atoms with E-state index in [0.717, 1.165) is 17.5 Å². The van der Waals surface area contributed by atoms with Gasteiger partial charge in [-0.1, -0.05) is 0 Å². The zero-order chi connectivity index (χ0) is 22.2. The van der Waals surface area contributed by atoms with Crippen molar-refractivity contribution in [2.45, 2.75) is 25.7 Å². The van der Waals surface area contributed by atoms with Crippen LogP contribution in [0.15, 0.2) is 24.3 Å². The van der Waals surface area contributed by atoms with Crippen LogP contribution in [0.3, 0.4) is 0 Å². The molecule has 0 fully saturated rings. The van der Waals surface area contributed by atoms with Crippen LogP contribution in [0.1, 0.15) is 24.0 Å².